The van der Waals surface area contributed by atoms with Gasteiger partial charge in [0.2, 0.25) is 5.91 Å². The van der Waals surface area contributed by atoms with E-state index in [0.29, 0.717) is 13.0 Å². The zero-order chi connectivity index (χ0) is 16.9. The first-order chi connectivity index (χ1) is 10.9. The Kier molecular flexibility index (Phi) is 6.24. The van der Waals surface area contributed by atoms with Crippen molar-refractivity contribution >= 4 is 15.7 Å². The molecular weight excluding hydrogens is 316 g/mol. The van der Waals surface area contributed by atoms with Gasteiger partial charge in [0.05, 0.1) is 23.8 Å². The maximum atomic E-state index is 12.1. The van der Waals surface area contributed by atoms with Crippen LogP contribution in [0.5, 0.6) is 0 Å². The molecule has 2 rings (SSSR count). The molecule has 0 radical (unpaired) electrons. The van der Waals surface area contributed by atoms with Crippen molar-refractivity contribution < 1.29 is 17.6 Å². The van der Waals surface area contributed by atoms with E-state index in [9.17, 15) is 13.2 Å². The molecule has 7 heteroatoms. The van der Waals surface area contributed by atoms with E-state index in [0.717, 1.165) is 18.8 Å². The number of likely N-dealkylation sites (N-methyl/N-ethyl adjacent to an activating group) is 1. The zero-order valence-electron chi connectivity index (χ0n) is 13.8. The molecule has 1 aromatic heterocycles. The van der Waals surface area contributed by atoms with E-state index in [-0.39, 0.29) is 35.8 Å². The van der Waals surface area contributed by atoms with E-state index in [1.54, 1.807) is 6.26 Å². The molecule has 0 spiro atoms. The average molecular weight is 342 g/mol. The van der Waals surface area contributed by atoms with E-state index >= 15 is 0 Å². The van der Waals surface area contributed by atoms with Crippen molar-refractivity contribution in [3.8, 4) is 0 Å². The summed E-state index contributed by atoms with van der Waals surface area (Å²) < 4.78 is 28.4. The van der Waals surface area contributed by atoms with Gasteiger partial charge in [0.1, 0.15) is 5.76 Å². The minimum Gasteiger partial charge on any atom is -0.468 e. The van der Waals surface area contributed by atoms with Crippen molar-refractivity contribution in [1.29, 1.82) is 0 Å². The van der Waals surface area contributed by atoms with Crippen LogP contribution >= 0.6 is 0 Å². The average Bonchev–Trinajstić information content (AvgIpc) is 3.13. The molecule has 2 atom stereocenters. The van der Waals surface area contributed by atoms with Crippen molar-refractivity contribution in [2.24, 2.45) is 5.92 Å². The molecule has 0 aliphatic carbocycles. The molecule has 1 aliphatic rings. The van der Waals surface area contributed by atoms with Crippen LogP contribution in [0.25, 0.3) is 0 Å². The summed E-state index contributed by atoms with van der Waals surface area (Å²) in [5.74, 6) is 1.04. The number of nitrogens with one attached hydrogen (secondary N) is 1. The lowest BCUT2D eigenvalue weighted by atomic mass is 10.0. The van der Waals surface area contributed by atoms with E-state index < -0.39 is 9.84 Å². The van der Waals surface area contributed by atoms with Crippen molar-refractivity contribution in [2.45, 2.75) is 32.7 Å². The number of sulfone groups is 1. The quantitative estimate of drug-likeness (QED) is 0.776. The smallest absolute Gasteiger partial charge is 0.220 e. The Morgan fingerprint density at radius 2 is 2.17 bits per heavy atom. The highest BCUT2D eigenvalue weighted by atomic mass is 32.2. The van der Waals surface area contributed by atoms with Crippen LogP contribution in [0.4, 0.5) is 0 Å². The van der Waals surface area contributed by atoms with Gasteiger partial charge in [0.25, 0.3) is 0 Å². The Balaban J connectivity index is 1.89. The Labute approximate surface area is 138 Å². The van der Waals surface area contributed by atoms with Crippen molar-refractivity contribution in [1.82, 2.24) is 10.2 Å². The fourth-order valence-corrected chi connectivity index (χ4v) is 4.99. The van der Waals surface area contributed by atoms with Gasteiger partial charge in [-0.3, -0.25) is 9.69 Å². The topological polar surface area (TPSA) is 79.6 Å². The van der Waals surface area contributed by atoms with Gasteiger partial charge >= 0.3 is 0 Å². The minimum atomic E-state index is -2.93. The number of hydrogen-bond donors (Lipinski definition) is 1. The molecule has 1 saturated heterocycles. The van der Waals surface area contributed by atoms with Crippen LogP contribution in [0.1, 0.15) is 38.5 Å². The minimum absolute atomic E-state index is 0.00346. The van der Waals surface area contributed by atoms with Crippen LogP contribution < -0.4 is 5.32 Å². The Morgan fingerprint density at radius 3 is 2.70 bits per heavy atom. The van der Waals surface area contributed by atoms with Crippen LogP contribution in [-0.4, -0.2) is 50.4 Å². The molecule has 2 heterocycles. The fraction of sp³-hybridized carbons (Fsp3) is 0.688. The van der Waals surface area contributed by atoms with Gasteiger partial charge < -0.3 is 9.73 Å². The first kappa shape index (κ1) is 18.0. The van der Waals surface area contributed by atoms with Gasteiger partial charge in [-0.15, -0.1) is 0 Å². The van der Waals surface area contributed by atoms with Crippen molar-refractivity contribution in [3.05, 3.63) is 24.2 Å². The molecule has 1 amide bonds. The Hall–Kier alpha value is -1.34. The summed E-state index contributed by atoms with van der Waals surface area (Å²) in [6, 6.07) is 3.76. The van der Waals surface area contributed by atoms with E-state index in [2.05, 4.69) is 24.1 Å². The number of carbonyl (C=O) groups excluding carboxylic acids is 1. The molecule has 0 unspecified atom stereocenters. The standard InChI is InChI=1S/C16H26N2O4S/c1-3-18(4-2)14(15-6-5-8-22-15)11-17-16(19)10-13-7-9-23(20,21)12-13/h5-6,8,13-14H,3-4,7,9-12H2,1-2H3,(H,17,19)/t13-,14-/m1/s1. The predicted molar refractivity (Wildman–Crippen MR) is 88.8 cm³/mol. The van der Waals surface area contributed by atoms with Gasteiger partial charge in [-0.05, 0) is 37.6 Å². The second kappa shape index (κ2) is 7.97. The third-order valence-corrected chi connectivity index (χ3v) is 6.26. The van der Waals surface area contributed by atoms with Crippen LogP contribution in [0.2, 0.25) is 0 Å². The van der Waals surface area contributed by atoms with E-state index in [4.69, 9.17) is 4.42 Å². The van der Waals surface area contributed by atoms with E-state index in [1.807, 2.05) is 12.1 Å². The number of carbonyl (C=O) groups is 1. The lowest BCUT2D eigenvalue weighted by Crippen LogP contribution is -2.38. The predicted octanol–water partition coefficient (Wildman–Crippen LogP) is 1.60. The number of furan rings is 1. The number of nitrogens with zero attached hydrogens (tertiary/aromatic N) is 1. The number of rotatable bonds is 8. The maximum absolute atomic E-state index is 12.1. The molecule has 1 aromatic rings. The molecule has 130 valence electrons. The molecule has 0 saturated carbocycles. The highest BCUT2D eigenvalue weighted by molar-refractivity contribution is 7.91. The van der Waals surface area contributed by atoms with Gasteiger partial charge in [-0.25, -0.2) is 8.42 Å². The largest absolute Gasteiger partial charge is 0.468 e. The normalized spacial score (nSPS) is 21.4. The zero-order valence-corrected chi connectivity index (χ0v) is 14.6. The van der Waals surface area contributed by atoms with Crippen molar-refractivity contribution in [3.63, 3.8) is 0 Å². The highest BCUT2D eigenvalue weighted by Gasteiger charge is 2.29. The monoisotopic (exact) mass is 342 g/mol. The molecule has 0 aromatic carbocycles. The fourth-order valence-electron chi connectivity index (χ4n) is 3.13. The van der Waals surface area contributed by atoms with Crippen LogP contribution in [0.3, 0.4) is 0 Å². The van der Waals surface area contributed by atoms with E-state index in [1.165, 1.54) is 0 Å². The highest BCUT2D eigenvalue weighted by Crippen LogP contribution is 2.22. The Morgan fingerprint density at radius 1 is 1.43 bits per heavy atom. The Bertz CT molecular complexity index is 594. The molecular formula is C16H26N2O4S. The van der Waals surface area contributed by atoms with Gasteiger partial charge in [-0.2, -0.15) is 0 Å². The first-order valence-corrected chi connectivity index (χ1v) is 10.0. The summed E-state index contributed by atoms with van der Waals surface area (Å²) in [7, 11) is -2.93. The molecule has 1 fully saturated rings. The molecule has 1 aliphatic heterocycles. The van der Waals surface area contributed by atoms with Crippen LogP contribution in [-0.2, 0) is 14.6 Å². The molecule has 0 bridgehead atoms. The van der Waals surface area contributed by atoms with Crippen LogP contribution in [0.15, 0.2) is 22.8 Å². The summed E-state index contributed by atoms with van der Waals surface area (Å²) in [6.45, 7) is 6.33. The lowest BCUT2D eigenvalue weighted by molar-refractivity contribution is -0.122. The lowest BCUT2D eigenvalue weighted by Gasteiger charge is -2.28. The number of amides is 1. The second-order valence-corrected chi connectivity index (χ2v) is 8.26. The maximum Gasteiger partial charge on any atom is 0.220 e. The van der Waals surface area contributed by atoms with Gasteiger partial charge in [-0.1, -0.05) is 13.8 Å². The van der Waals surface area contributed by atoms with Gasteiger partial charge in [0.15, 0.2) is 9.84 Å². The summed E-state index contributed by atoms with van der Waals surface area (Å²) in [5.41, 5.74) is 0. The SMILES string of the molecule is CCN(CC)[C@H](CNC(=O)C[C@H]1CCS(=O)(=O)C1)c1ccco1. The third-order valence-electron chi connectivity index (χ3n) is 4.42. The molecule has 1 N–H and O–H groups in total. The first-order valence-electron chi connectivity index (χ1n) is 8.19. The molecule has 23 heavy (non-hydrogen) atoms. The summed E-state index contributed by atoms with van der Waals surface area (Å²) in [6.07, 6.45) is 2.51. The molecule has 6 nitrogen and oxygen atoms in total. The summed E-state index contributed by atoms with van der Waals surface area (Å²) in [5, 5.41) is 2.94. The summed E-state index contributed by atoms with van der Waals surface area (Å²) in [4.78, 5) is 14.3. The summed E-state index contributed by atoms with van der Waals surface area (Å²) >= 11 is 0. The van der Waals surface area contributed by atoms with Crippen LogP contribution in [0, 0.1) is 5.92 Å². The third kappa shape index (κ3) is 5.07. The van der Waals surface area contributed by atoms with Gasteiger partial charge in [0, 0.05) is 13.0 Å². The van der Waals surface area contributed by atoms with Crippen molar-refractivity contribution in [2.75, 3.05) is 31.1 Å². The second-order valence-electron chi connectivity index (χ2n) is 6.03. The number of hydrogen-bond acceptors (Lipinski definition) is 5.